The maximum Gasteiger partial charge on any atom is 0.508 e. The molecule has 0 bridgehead atoms. The van der Waals surface area contributed by atoms with Gasteiger partial charge in [-0.15, -0.1) is 0 Å². The number of methoxy groups -OCH3 is 1. The lowest BCUT2D eigenvalue weighted by Crippen LogP contribution is -2.77. The van der Waals surface area contributed by atoms with Gasteiger partial charge in [0.2, 0.25) is 0 Å². The molecule has 67 heavy (non-hydrogen) atoms. The molecule has 0 aliphatic rings. The van der Waals surface area contributed by atoms with Gasteiger partial charge in [0.1, 0.15) is 18.6 Å². The van der Waals surface area contributed by atoms with Crippen molar-refractivity contribution in [1.82, 2.24) is 0 Å². The highest BCUT2D eigenvalue weighted by atomic mass is 79.9. The van der Waals surface area contributed by atoms with Gasteiger partial charge in [-0.3, -0.25) is 14.4 Å². The molecule has 0 saturated heterocycles. The van der Waals surface area contributed by atoms with E-state index in [0.717, 1.165) is 32.9 Å². The maximum absolute atomic E-state index is 14.6. The number of benzene rings is 1. The number of carbonyl (C=O) groups excluding carboxylic acids is 4. The predicted octanol–water partition coefficient (Wildman–Crippen LogP) is 10.9. The van der Waals surface area contributed by atoms with Crippen molar-refractivity contribution in [2.24, 2.45) is 10.8 Å². The molecule has 388 valence electrons. The number of hydrogen-bond acceptors (Lipinski definition) is 9. The number of carbonyl (C=O) groups is 4. The molecule has 0 aliphatic carbocycles. The molecular weight excluding hydrogens is 1060 g/mol. The van der Waals surface area contributed by atoms with E-state index in [1.54, 1.807) is 24.3 Å². The number of halogens is 21. The van der Waals surface area contributed by atoms with Crippen LogP contribution in [0.15, 0.2) is 24.3 Å². The van der Waals surface area contributed by atoms with Crippen LogP contribution in [0.4, 0.5) is 92.6 Å². The molecule has 0 fully saturated rings. The van der Waals surface area contributed by atoms with E-state index in [2.05, 4.69) is 39.6 Å². The van der Waals surface area contributed by atoms with Crippen LogP contribution in [0.1, 0.15) is 44.5 Å². The van der Waals surface area contributed by atoms with Crippen LogP contribution in [0.5, 0.6) is 0 Å². The van der Waals surface area contributed by atoms with Crippen molar-refractivity contribution in [2.75, 3.05) is 33.5 Å². The Bertz CT molecular complexity index is 1940. The quantitative estimate of drug-likeness (QED) is 0.0347. The summed E-state index contributed by atoms with van der Waals surface area (Å²) in [6.07, 6.45) is -3.25. The number of rotatable bonds is 23. The summed E-state index contributed by atoms with van der Waals surface area (Å²) in [6.45, 7) is -0.600. The Balaban J connectivity index is 3.42. The van der Waals surface area contributed by atoms with Gasteiger partial charge in [-0.2, -0.15) is 87.8 Å². The van der Waals surface area contributed by atoms with Crippen LogP contribution in [0.2, 0.25) is 19.6 Å². The summed E-state index contributed by atoms with van der Waals surface area (Å²) >= 11 is 3.15. The monoisotopic (exact) mass is 1100 g/mol. The van der Waals surface area contributed by atoms with Crippen molar-refractivity contribution >= 4 is 53.3 Å². The van der Waals surface area contributed by atoms with E-state index in [-0.39, 0.29) is 0 Å². The summed E-state index contributed by atoms with van der Waals surface area (Å²) in [5, 5.41) is 0.931. The van der Waals surface area contributed by atoms with Gasteiger partial charge in [0, 0.05) is 11.8 Å². The molecule has 31 heteroatoms. The highest BCUT2D eigenvalue weighted by Gasteiger charge is 2.97. The Hall–Kier alpha value is -3.80. The van der Waals surface area contributed by atoms with E-state index in [0.29, 0.717) is 12.7 Å². The van der Waals surface area contributed by atoms with Crippen LogP contribution in [0, 0.1) is 10.8 Å². The van der Waals surface area contributed by atoms with Gasteiger partial charge in [0.25, 0.3) is 0 Å². The first-order valence-corrected chi connectivity index (χ1v) is 22.6. The van der Waals surface area contributed by atoms with Crippen LogP contribution < -0.4 is 5.19 Å². The minimum Gasteiger partial charge on any atom is -0.468 e. The Morgan fingerprint density at radius 2 is 0.851 bits per heavy atom. The Morgan fingerprint density at radius 1 is 0.522 bits per heavy atom. The molecule has 2 atom stereocenters. The van der Waals surface area contributed by atoms with Crippen LogP contribution >= 0.6 is 15.9 Å². The first kappa shape index (κ1) is 61.2. The van der Waals surface area contributed by atoms with Crippen LogP contribution in [0.25, 0.3) is 0 Å². The van der Waals surface area contributed by atoms with Gasteiger partial charge >= 0.3 is 83.3 Å². The highest BCUT2D eigenvalue weighted by molar-refractivity contribution is 9.09. The molecule has 9 nitrogen and oxygen atoms in total. The Kier molecular flexibility index (Phi) is 17.8. The van der Waals surface area contributed by atoms with Gasteiger partial charge in [-0.05, 0) is 32.8 Å². The molecule has 0 aliphatic heterocycles. The molecule has 0 N–H and O–H groups in total. The van der Waals surface area contributed by atoms with E-state index in [1.807, 2.05) is 19.6 Å². The Morgan fingerprint density at radius 3 is 1.19 bits per heavy atom. The van der Waals surface area contributed by atoms with Gasteiger partial charge in [-0.1, -0.05) is 65.0 Å². The lowest BCUT2D eigenvalue weighted by Gasteiger charge is -2.45. The molecule has 0 saturated carbocycles. The number of esters is 3. The summed E-state index contributed by atoms with van der Waals surface area (Å²) in [5.41, 5.74) is -4.01. The number of hydrogen-bond donors (Lipinski definition) is 0. The molecule has 1 rings (SSSR count). The van der Waals surface area contributed by atoms with Gasteiger partial charge in [0.05, 0.1) is 20.6 Å². The van der Waals surface area contributed by atoms with Crippen molar-refractivity contribution in [2.45, 2.75) is 118 Å². The second-order valence-corrected chi connectivity index (χ2v) is 22.9. The molecule has 0 unspecified atom stereocenters. The van der Waals surface area contributed by atoms with E-state index >= 15 is 0 Å². The van der Waals surface area contributed by atoms with E-state index in [1.165, 1.54) is 0 Å². The maximum atomic E-state index is 14.6. The lowest BCUT2D eigenvalue weighted by atomic mass is 9.85. The second kappa shape index (κ2) is 19.5. The number of ether oxygens (including phenoxy) is 5. The minimum atomic E-state index is -9.33. The zero-order valence-electron chi connectivity index (χ0n) is 35.5. The van der Waals surface area contributed by atoms with Crippen LogP contribution in [-0.4, -0.2) is 125 Å². The van der Waals surface area contributed by atoms with Gasteiger partial charge in [0.15, 0.2) is 13.2 Å². The highest BCUT2D eigenvalue weighted by Crippen LogP contribution is 2.66. The summed E-state index contributed by atoms with van der Waals surface area (Å²) in [7, 11) is -1.17. The minimum absolute atomic E-state index is 0.407. The molecule has 0 spiro atoms. The third-order valence-electron chi connectivity index (χ3n) is 9.60. The summed E-state index contributed by atoms with van der Waals surface area (Å²) in [4.78, 5) is 46.4. The topological polar surface area (TPSA) is 114 Å². The molecule has 0 aromatic heterocycles. The molecule has 1 aromatic carbocycles. The smallest absolute Gasteiger partial charge is 0.468 e. The molecule has 0 heterocycles. The lowest BCUT2D eigenvalue weighted by molar-refractivity contribution is -0.469. The normalized spacial score (nSPS) is 15.8. The summed E-state index contributed by atoms with van der Waals surface area (Å²) in [6, 6.07) is 6.47. The average Bonchev–Trinajstić information content (AvgIpc) is 3.18. The van der Waals surface area contributed by atoms with Crippen LogP contribution in [-0.2, 0) is 38.1 Å². The van der Waals surface area contributed by atoms with Crippen molar-refractivity contribution in [3.05, 3.63) is 29.8 Å². The molecule has 0 radical (unpaired) electrons. The third-order valence-corrected chi connectivity index (χ3v) is 12.5. The van der Waals surface area contributed by atoms with Gasteiger partial charge in [-0.25, -0.2) is 4.79 Å². The molecule has 0 amide bonds. The van der Waals surface area contributed by atoms with E-state index in [9.17, 15) is 107 Å². The molecule has 1 aromatic rings. The first-order valence-electron chi connectivity index (χ1n) is 18.2. The first-order chi connectivity index (χ1) is 29.5. The summed E-state index contributed by atoms with van der Waals surface area (Å²) in [5.74, 6) is -90.3. The zero-order valence-corrected chi connectivity index (χ0v) is 38.1. The largest absolute Gasteiger partial charge is 0.508 e. The van der Waals surface area contributed by atoms with Crippen molar-refractivity contribution in [3.8, 4) is 0 Å². The fraction of sp³-hybridized carbons (Fsp3) is 0.722. The standard InChI is InChI=1S/C36H39BrF20O9Si/c1-18(58)63-14-26(4,23(60)62-5)15-65-24(61)66-17-28(40,41)30(44,45)32(48,49)34(52,53)36(56,57)35(54,55)33(50,51)31(46,47)29(42,43)27(38,39)16-64-22(59)25(2,3)13-21(37)19-9-11-20(12-10-19)67(6,7)8/h9-12,21H,13-17H2,1-8H3/t21-,26+/m0/s1. The third kappa shape index (κ3) is 11.5. The second-order valence-electron chi connectivity index (χ2n) is 16.7. The Labute approximate surface area is 375 Å². The SMILES string of the molecule is COC(=O)[C@](C)(COC(C)=O)COC(=O)OCC(F)(F)C(F)(F)C(F)(F)C(F)(F)C(F)(F)C(F)(F)C(F)(F)C(F)(F)C(F)(F)C(F)(F)COC(=O)C(C)(C)C[C@H](Br)c1ccc([Si](C)(C)C)cc1. The average molecular weight is 1100 g/mol. The van der Waals surface area contributed by atoms with Crippen molar-refractivity contribution < 1.29 is 131 Å². The van der Waals surface area contributed by atoms with Crippen molar-refractivity contribution in [1.29, 1.82) is 0 Å². The predicted molar refractivity (Wildman–Crippen MR) is 194 cm³/mol. The summed E-state index contributed by atoms with van der Waals surface area (Å²) < 4.78 is 309. The number of alkyl halides is 21. The van der Waals surface area contributed by atoms with Crippen LogP contribution in [0.3, 0.4) is 0 Å². The van der Waals surface area contributed by atoms with Gasteiger partial charge < -0.3 is 23.7 Å². The molecular formula is C36H39BrF20O9Si. The van der Waals surface area contributed by atoms with E-state index in [4.69, 9.17) is 0 Å². The fourth-order valence-electron chi connectivity index (χ4n) is 5.09. The van der Waals surface area contributed by atoms with E-state index < -0.39 is 140 Å². The van der Waals surface area contributed by atoms with Crippen molar-refractivity contribution in [3.63, 3.8) is 0 Å². The zero-order chi connectivity index (χ0) is 53.4. The fourth-order valence-corrected chi connectivity index (χ4v) is 7.37.